The second-order valence-corrected chi connectivity index (χ2v) is 5.04. The van der Waals surface area contributed by atoms with Crippen molar-refractivity contribution in [1.82, 2.24) is 5.32 Å². The van der Waals surface area contributed by atoms with Gasteiger partial charge in [-0.1, -0.05) is 19.4 Å². The van der Waals surface area contributed by atoms with Crippen molar-refractivity contribution >= 4 is 0 Å². The standard InChI is InChI=1S/C15H20N2O/c1-11-4-3-5-14(11)17-10-12-6-7-15(18-2)13(8-12)9-16/h6-8,11,14,17H,3-5,10H2,1-2H3. The SMILES string of the molecule is COc1ccc(CNC2CCCC2C)cc1C#N. The lowest BCUT2D eigenvalue weighted by molar-refractivity contribution is 0.412. The van der Waals surface area contributed by atoms with Gasteiger partial charge in [0.15, 0.2) is 0 Å². The highest BCUT2D eigenvalue weighted by Crippen LogP contribution is 2.25. The van der Waals surface area contributed by atoms with E-state index in [1.807, 2.05) is 18.2 Å². The summed E-state index contributed by atoms with van der Waals surface area (Å²) < 4.78 is 5.14. The molecule has 0 aromatic heterocycles. The van der Waals surface area contributed by atoms with Gasteiger partial charge in [-0.2, -0.15) is 5.26 Å². The molecular weight excluding hydrogens is 224 g/mol. The van der Waals surface area contributed by atoms with E-state index >= 15 is 0 Å². The van der Waals surface area contributed by atoms with Crippen molar-refractivity contribution in [2.45, 2.75) is 38.8 Å². The molecule has 2 unspecified atom stereocenters. The summed E-state index contributed by atoms with van der Waals surface area (Å²) in [5, 5.41) is 12.6. The fourth-order valence-corrected chi connectivity index (χ4v) is 2.65. The van der Waals surface area contributed by atoms with Crippen LogP contribution in [0.5, 0.6) is 5.75 Å². The van der Waals surface area contributed by atoms with E-state index < -0.39 is 0 Å². The molecule has 0 saturated heterocycles. The lowest BCUT2D eigenvalue weighted by atomic mass is 10.1. The summed E-state index contributed by atoms with van der Waals surface area (Å²) in [4.78, 5) is 0. The van der Waals surface area contributed by atoms with E-state index in [-0.39, 0.29) is 0 Å². The van der Waals surface area contributed by atoms with Crippen molar-refractivity contribution < 1.29 is 4.74 Å². The van der Waals surface area contributed by atoms with Crippen LogP contribution in [0.1, 0.15) is 37.3 Å². The minimum Gasteiger partial charge on any atom is -0.495 e. The van der Waals surface area contributed by atoms with Crippen molar-refractivity contribution in [3.63, 3.8) is 0 Å². The summed E-state index contributed by atoms with van der Waals surface area (Å²) in [5.74, 6) is 1.41. The number of rotatable bonds is 4. The summed E-state index contributed by atoms with van der Waals surface area (Å²) in [5.41, 5.74) is 1.75. The van der Waals surface area contributed by atoms with Gasteiger partial charge in [-0.05, 0) is 36.5 Å². The van der Waals surface area contributed by atoms with Gasteiger partial charge in [0, 0.05) is 12.6 Å². The molecule has 0 heterocycles. The lowest BCUT2D eigenvalue weighted by Gasteiger charge is -2.17. The molecule has 3 heteroatoms. The van der Waals surface area contributed by atoms with Crippen LogP contribution >= 0.6 is 0 Å². The monoisotopic (exact) mass is 244 g/mol. The Morgan fingerprint density at radius 2 is 2.28 bits per heavy atom. The summed E-state index contributed by atoms with van der Waals surface area (Å²) in [6.45, 7) is 3.13. The molecule has 1 aliphatic rings. The van der Waals surface area contributed by atoms with Crippen LogP contribution in [0, 0.1) is 17.2 Å². The molecule has 1 aliphatic carbocycles. The molecule has 0 aliphatic heterocycles. The van der Waals surface area contributed by atoms with Crippen molar-refractivity contribution in [2.75, 3.05) is 7.11 Å². The molecule has 1 saturated carbocycles. The van der Waals surface area contributed by atoms with E-state index in [0.717, 1.165) is 18.0 Å². The Kier molecular flexibility index (Phi) is 4.22. The second kappa shape index (κ2) is 5.88. The molecule has 0 spiro atoms. The van der Waals surface area contributed by atoms with Crippen LogP contribution in [-0.4, -0.2) is 13.2 Å². The molecule has 1 aromatic rings. The Bertz CT molecular complexity index is 450. The summed E-state index contributed by atoms with van der Waals surface area (Å²) in [7, 11) is 1.59. The maximum Gasteiger partial charge on any atom is 0.136 e. The molecule has 1 N–H and O–H groups in total. The van der Waals surface area contributed by atoms with Crippen LogP contribution in [0.2, 0.25) is 0 Å². The average Bonchev–Trinajstić information content (AvgIpc) is 2.81. The summed E-state index contributed by atoms with van der Waals surface area (Å²) in [6, 6.07) is 8.59. The van der Waals surface area contributed by atoms with Gasteiger partial charge >= 0.3 is 0 Å². The third-order valence-corrected chi connectivity index (χ3v) is 3.81. The predicted octanol–water partition coefficient (Wildman–Crippen LogP) is 2.85. The highest BCUT2D eigenvalue weighted by Gasteiger charge is 2.22. The minimum atomic E-state index is 0.608. The Hall–Kier alpha value is -1.53. The van der Waals surface area contributed by atoms with Crippen molar-refractivity contribution in [3.05, 3.63) is 29.3 Å². The summed E-state index contributed by atoms with van der Waals surface area (Å²) >= 11 is 0. The van der Waals surface area contributed by atoms with E-state index in [0.29, 0.717) is 17.4 Å². The van der Waals surface area contributed by atoms with Crippen LogP contribution in [0.3, 0.4) is 0 Å². The van der Waals surface area contributed by atoms with Crippen molar-refractivity contribution in [1.29, 1.82) is 5.26 Å². The maximum atomic E-state index is 9.05. The fraction of sp³-hybridized carbons (Fsp3) is 0.533. The molecule has 0 radical (unpaired) electrons. The fourth-order valence-electron chi connectivity index (χ4n) is 2.65. The lowest BCUT2D eigenvalue weighted by Crippen LogP contribution is -2.30. The molecule has 2 atom stereocenters. The second-order valence-electron chi connectivity index (χ2n) is 5.04. The maximum absolute atomic E-state index is 9.05. The molecule has 3 nitrogen and oxygen atoms in total. The van der Waals surface area contributed by atoms with Crippen molar-refractivity contribution in [3.8, 4) is 11.8 Å². The van der Waals surface area contributed by atoms with Crippen LogP contribution in [-0.2, 0) is 6.54 Å². The minimum absolute atomic E-state index is 0.608. The number of nitrogens with one attached hydrogen (secondary N) is 1. The molecule has 1 aromatic carbocycles. The van der Waals surface area contributed by atoms with Gasteiger partial charge in [0.2, 0.25) is 0 Å². The number of hydrogen-bond acceptors (Lipinski definition) is 3. The number of hydrogen-bond donors (Lipinski definition) is 1. The zero-order chi connectivity index (χ0) is 13.0. The predicted molar refractivity (Wildman–Crippen MR) is 71.4 cm³/mol. The highest BCUT2D eigenvalue weighted by atomic mass is 16.5. The van der Waals surface area contributed by atoms with E-state index in [9.17, 15) is 0 Å². The molecule has 2 rings (SSSR count). The van der Waals surface area contributed by atoms with E-state index in [1.165, 1.54) is 19.3 Å². The Balaban J connectivity index is 1.99. The Morgan fingerprint density at radius 3 is 2.89 bits per heavy atom. The number of nitrogens with zero attached hydrogens (tertiary/aromatic N) is 1. The van der Waals surface area contributed by atoms with Gasteiger partial charge in [-0.15, -0.1) is 0 Å². The Morgan fingerprint density at radius 1 is 1.44 bits per heavy atom. The zero-order valence-corrected chi connectivity index (χ0v) is 11.1. The number of ether oxygens (including phenoxy) is 1. The van der Waals surface area contributed by atoms with Gasteiger partial charge in [0.25, 0.3) is 0 Å². The first-order valence-corrected chi connectivity index (χ1v) is 6.55. The molecule has 1 fully saturated rings. The van der Waals surface area contributed by atoms with Crippen molar-refractivity contribution in [2.24, 2.45) is 5.92 Å². The number of methoxy groups -OCH3 is 1. The molecule has 18 heavy (non-hydrogen) atoms. The average molecular weight is 244 g/mol. The third-order valence-electron chi connectivity index (χ3n) is 3.81. The first kappa shape index (κ1) is 12.9. The topological polar surface area (TPSA) is 45.0 Å². The van der Waals surface area contributed by atoms with Crippen LogP contribution < -0.4 is 10.1 Å². The van der Waals surface area contributed by atoms with Gasteiger partial charge in [-0.25, -0.2) is 0 Å². The molecule has 0 amide bonds. The largest absolute Gasteiger partial charge is 0.495 e. The number of nitriles is 1. The van der Waals surface area contributed by atoms with Crippen LogP contribution in [0.25, 0.3) is 0 Å². The Labute approximate surface area is 109 Å². The molecular formula is C15H20N2O. The van der Waals surface area contributed by atoms with Crippen LogP contribution in [0.15, 0.2) is 18.2 Å². The smallest absolute Gasteiger partial charge is 0.136 e. The number of benzene rings is 1. The van der Waals surface area contributed by atoms with Gasteiger partial charge < -0.3 is 10.1 Å². The van der Waals surface area contributed by atoms with E-state index in [2.05, 4.69) is 18.3 Å². The van der Waals surface area contributed by atoms with E-state index in [4.69, 9.17) is 10.00 Å². The molecule has 96 valence electrons. The van der Waals surface area contributed by atoms with Crippen LogP contribution in [0.4, 0.5) is 0 Å². The summed E-state index contributed by atoms with van der Waals surface area (Å²) in [6.07, 6.45) is 3.91. The zero-order valence-electron chi connectivity index (χ0n) is 11.1. The van der Waals surface area contributed by atoms with Gasteiger partial charge in [0.05, 0.1) is 12.7 Å². The first-order valence-electron chi connectivity index (χ1n) is 6.55. The van der Waals surface area contributed by atoms with E-state index in [1.54, 1.807) is 7.11 Å². The third kappa shape index (κ3) is 2.83. The highest BCUT2D eigenvalue weighted by molar-refractivity contribution is 5.45. The normalized spacial score (nSPS) is 22.7. The molecule has 0 bridgehead atoms. The first-order chi connectivity index (χ1) is 8.74. The van der Waals surface area contributed by atoms with Gasteiger partial charge in [-0.3, -0.25) is 0 Å². The quantitative estimate of drug-likeness (QED) is 0.885. The van der Waals surface area contributed by atoms with Gasteiger partial charge in [0.1, 0.15) is 11.8 Å².